The molecule has 0 bridgehead atoms. The van der Waals surface area contributed by atoms with Gasteiger partial charge in [0.05, 0.1) is 17.1 Å². The van der Waals surface area contributed by atoms with Crippen molar-refractivity contribution in [2.45, 2.75) is 6.92 Å². The van der Waals surface area contributed by atoms with E-state index in [-0.39, 0.29) is 17.2 Å². The van der Waals surface area contributed by atoms with Crippen LogP contribution in [0.25, 0.3) is 0 Å². The summed E-state index contributed by atoms with van der Waals surface area (Å²) in [7, 11) is 0. The Labute approximate surface area is 170 Å². The van der Waals surface area contributed by atoms with Crippen LogP contribution in [0, 0.1) is 6.92 Å². The van der Waals surface area contributed by atoms with E-state index < -0.39 is 0 Å². The summed E-state index contributed by atoms with van der Waals surface area (Å²) in [5, 5.41) is 30.5. The van der Waals surface area contributed by atoms with Gasteiger partial charge < -0.3 is 15.3 Å². The van der Waals surface area contributed by atoms with Crippen LogP contribution in [0.15, 0.2) is 103 Å². The molecular weight excluding hydrogens is 362 g/mol. The van der Waals surface area contributed by atoms with Crippen molar-refractivity contribution in [2.75, 3.05) is 4.90 Å². The van der Waals surface area contributed by atoms with E-state index in [1.54, 1.807) is 77.7 Å². The summed E-state index contributed by atoms with van der Waals surface area (Å²) in [6, 6.07) is 30.6. The Hall–Kier alpha value is -3.92. The first kappa shape index (κ1) is 19.8. The van der Waals surface area contributed by atoms with E-state index in [4.69, 9.17) is 0 Å². The molecule has 0 saturated heterocycles. The van der Waals surface area contributed by atoms with Gasteiger partial charge >= 0.3 is 0 Å². The molecule has 0 fully saturated rings. The second kappa shape index (κ2) is 9.33. The number of benzene rings is 4. The molecule has 0 atom stereocenters. The Morgan fingerprint density at radius 3 is 1.03 bits per heavy atom. The zero-order valence-electron chi connectivity index (χ0n) is 16.1. The summed E-state index contributed by atoms with van der Waals surface area (Å²) in [6.45, 7) is 2.08. The number of hydrogen-bond donors (Lipinski definition) is 3. The van der Waals surface area contributed by atoms with E-state index in [1.165, 1.54) is 5.56 Å². The third-order valence-electron chi connectivity index (χ3n) is 4.31. The summed E-state index contributed by atoms with van der Waals surface area (Å²) in [5.74, 6) is 0.150. The highest BCUT2D eigenvalue weighted by atomic mass is 16.3. The molecule has 0 unspecified atom stereocenters. The maximum Gasteiger partial charge on any atom is 0.139 e. The van der Waals surface area contributed by atoms with Crippen LogP contribution < -0.4 is 4.90 Å². The van der Waals surface area contributed by atoms with Crippen LogP contribution in [0.3, 0.4) is 0 Å². The molecule has 4 rings (SSSR count). The van der Waals surface area contributed by atoms with E-state index in [1.807, 2.05) is 18.2 Å². The van der Waals surface area contributed by atoms with Gasteiger partial charge in [-0.1, -0.05) is 72.3 Å². The third-order valence-corrected chi connectivity index (χ3v) is 4.31. The highest BCUT2D eigenvalue weighted by Gasteiger charge is 2.20. The molecule has 0 heterocycles. The molecule has 3 N–H and O–H groups in total. The van der Waals surface area contributed by atoms with E-state index in [0.717, 1.165) is 0 Å². The van der Waals surface area contributed by atoms with Crippen molar-refractivity contribution >= 4 is 17.1 Å². The predicted molar refractivity (Wildman–Crippen MR) is 117 cm³/mol. The number of para-hydroxylation sites is 6. The molecule has 0 aromatic heterocycles. The van der Waals surface area contributed by atoms with Gasteiger partial charge in [0.2, 0.25) is 0 Å². The smallest absolute Gasteiger partial charge is 0.139 e. The number of phenols is 3. The van der Waals surface area contributed by atoms with E-state index in [2.05, 4.69) is 19.1 Å². The second-order valence-corrected chi connectivity index (χ2v) is 6.46. The zero-order chi connectivity index (χ0) is 20.6. The van der Waals surface area contributed by atoms with Crippen LogP contribution >= 0.6 is 0 Å². The second-order valence-electron chi connectivity index (χ2n) is 6.46. The van der Waals surface area contributed by atoms with Crippen LogP contribution in [-0.4, -0.2) is 15.3 Å². The fourth-order valence-corrected chi connectivity index (χ4v) is 2.88. The first-order valence-corrected chi connectivity index (χ1v) is 9.23. The van der Waals surface area contributed by atoms with Crippen LogP contribution in [0.4, 0.5) is 17.1 Å². The van der Waals surface area contributed by atoms with Crippen molar-refractivity contribution in [3.63, 3.8) is 0 Å². The quantitative estimate of drug-likeness (QED) is 0.389. The minimum absolute atomic E-state index is 0.0500. The Morgan fingerprint density at radius 2 is 0.759 bits per heavy atom. The Bertz CT molecular complexity index is 956. The number of phenolic OH excluding ortho intramolecular Hbond substituents is 3. The molecule has 4 aromatic carbocycles. The number of aryl methyl sites for hydroxylation is 1. The predicted octanol–water partition coefficient (Wildman–Crippen LogP) is 6.27. The highest BCUT2D eigenvalue weighted by molar-refractivity contribution is 5.84. The topological polar surface area (TPSA) is 63.9 Å². The molecule has 0 saturated carbocycles. The number of anilines is 3. The molecule has 29 heavy (non-hydrogen) atoms. The molecule has 4 heteroatoms. The Balaban J connectivity index is 0.000000290. The summed E-state index contributed by atoms with van der Waals surface area (Å²) in [4.78, 5) is 1.61. The molecule has 0 aliphatic rings. The van der Waals surface area contributed by atoms with Crippen molar-refractivity contribution in [3.05, 3.63) is 109 Å². The lowest BCUT2D eigenvalue weighted by Gasteiger charge is -2.27. The van der Waals surface area contributed by atoms with Gasteiger partial charge in [0.1, 0.15) is 17.2 Å². The number of aromatic hydroxyl groups is 3. The Kier molecular flexibility index (Phi) is 6.38. The van der Waals surface area contributed by atoms with Gasteiger partial charge in [0.15, 0.2) is 0 Å². The van der Waals surface area contributed by atoms with Crippen molar-refractivity contribution in [1.82, 2.24) is 0 Å². The van der Waals surface area contributed by atoms with Crippen LogP contribution in [0.5, 0.6) is 17.2 Å². The number of rotatable bonds is 3. The van der Waals surface area contributed by atoms with Gasteiger partial charge in [-0.2, -0.15) is 0 Å². The number of hydrogen-bond acceptors (Lipinski definition) is 4. The van der Waals surface area contributed by atoms with Gasteiger partial charge in [-0.25, -0.2) is 0 Å². The molecule has 0 aliphatic heterocycles. The van der Waals surface area contributed by atoms with Gasteiger partial charge in [0.25, 0.3) is 0 Å². The van der Waals surface area contributed by atoms with Gasteiger partial charge in [-0.05, 0) is 43.3 Å². The summed E-state index contributed by atoms with van der Waals surface area (Å²) >= 11 is 0. The van der Waals surface area contributed by atoms with Crippen molar-refractivity contribution < 1.29 is 15.3 Å². The Morgan fingerprint density at radius 1 is 0.448 bits per heavy atom. The summed E-state index contributed by atoms with van der Waals surface area (Å²) < 4.78 is 0. The lowest BCUT2D eigenvalue weighted by molar-refractivity contribution is 0.469. The maximum absolute atomic E-state index is 10.2. The van der Waals surface area contributed by atoms with E-state index >= 15 is 0 Å². The summed E-state index contributed by atoms with van der Waals surface area (Å²) in [5.41, 5.74) is 2.71. The van der Waals surface area contributed by atoms with Gasteiger partial charge in [-0.15, -0.1) is 0 Å². The molecule has 0 spiro atoms. The standard InChI is InChI=1S/C18H15NO3.C7H8/c20-16-10-4-1-7-13(16)19(14-8-2-5-11-17(14)21)15-9-3-6-12-18(15)22;1-7-5-3-2-4-6-7/h1-12,20-22H;2-6H,1H3. The van der Waals surface area contributed by atoms with Crippen molar-refractivity contribution in [1.29, 1.82) is 0 Å². The van der Waals surface area contributed by atoms with E-state index in [0.29, 0.717) is 17.1 Å². The molecule has 0 amide bonds. The third kappa shape index (κ3) is 4.87. The van der Waals surface area contributed by atoms with Gasteiger partial charge in [0, 0.05) is 0 Å². The molecule has 4 aromatic rings. The fraction of sp³-hybridized carbons (Fsp3) is 0.0400. The SMILES string of the molecule is Cc1ccccc1.Oc1ccccc1N(c1ccccc1O)c1ccccc1O. The van der Waals surface area contributed by atoms with Crippen molar-refractivity contribution in [2.24, 2.45) is 0 Å². The molecule has 0 radical (unpaired) electrons. The maximum atomic E-state index is 10.2. The van der Waals surface area contributed by atoms with Crippen LogP contribution in [-0.2, 0) is 0 Å². The molecular formula is C25H23NO3. The lowest BCUT2D eigenvalue weighted by Crippen LogP contribution is -2.10. The summed E-state index contributed by atoms with van der Waals surface area (Å²) in [6.07, 6.45) is 0. The lowest BCUT2D eigenvalue weighted by atomic mass is 10.1. The monoisotopic (exact) mass is 385 g/mol. The first-order valence-electron chi connectivity index (χ1n) is 9.23. The van der Waals surface area contributed by atoms with Crippen LogP contribution in [0.1, 0.15) is 5.56 Å². The first-order chi connectivity index (χ1) is 14.1. The highest BCUT2D eigenvalue weighted by Crippen LogP contribution is 2.45. The van der Waals surface area contributed by atoms with Gasteiger partial charge in [-0.3, -0.25) is 4.90 Å². The largest absolute Gasteiger partial charge is 0.506 e. The fourth-order valence-electron chi connectivity index (χ4n) is 2.88. The number of nitrogens with zero attached hydrogens (tertiary/aromatic N) is 1. The average molecular weight is 385 g/mol. The minimum Gasteiger partial charge on any atom is -0.506 e. The minimum atomic E-state index is 0.0500. The molecule has 4 nitrogen and oxygen atoms in total. The molecule has 0 aliphatic carbocycles. The zero-order valence-corrected chi connectivity index (χ0v) is 16.1. The van der Waals surface area contributed by atoms with Crippen LogP contribution in [0.2, 0.25) is 0 Å². The van der Waals surface area contributed by atoms with Crippen molar-refractivity contribution in [3.8, 4) is 17.2 Å². The van der Waals surface area contributed by atoms with E-state index in [9.17, 15) is 15.3 Å². The molecule has 146 valence electrons. The average Bonchev–Trinajstić information content (AvgIpc) is 2.73. The normalized spacial score (nSPS) is 9.97.